The van der Waals surface area contributed by atoms with E-state index in [1.807, 2.05) is 6.07 Å². The van der Waals surface area contributed by atoms with E-state index in [1.165, 1.54) is 24.1 Å². The number of rotatable bonds is 0. The van der Waals surface area contributed by atoms with Gasteiger partial charge in [-0.05, 0) is 36.6 Å². The van der Waals surface area contributed by atoms with Crippen LogP contribution in [0, 0.1) is 0 Å². The lowest BCUT2D eigenvalue weighted by atomic mass is 10.0. The summed E-state index contributed by atoms with van der Waals surface area (Å²) in [5.74, 6) is 0. The first-order chi connectivity index (χ1) is 5.36. The van der Waals surface area contributed by atoms with Gasteiger partial charge in [0.2, 0.25) is 0 Å². The first-order valence-electron chi connectivity index (χ1n) is 3.92. The van der Waals surface area contributed by atoms with E-state index in [4.69, 9.17) is 0 Å². The summed E-state index contributed by atoms with van der Waals surface area (Å²) < 4.78 is 0. The summed E-state index contributed by atoms with van der Waals surface area (Å²) in [4.78, 5) is 1.06. The van der Waals surface area contributed by atoms with Gasteiger partial charge in [0, 0.05) is 17.1 Å². The third-order valence-electron chi connectivity index (χ3n) is 2.03. The molecule has 58 valence electrons. The van der Waals surface area contributed by atoms with Gasteiger partial charge < -0.3 is 5.32 Å². The van der Waals surface area contributed by atoms with Crippen LogP contribution in [0.4, 0.5) is 5.69 Å². The second-order valence-electron chi connectivity index (χ2n) is 2.87. The third-order valence-corrected chi connectivity index (χ3v) is 2.31. The highest BCUT2D eigenvalue weighted by Crippen LogP contribution is 2.23. The van der Waals surface area contributed by atoms with Gasteiger partial charge in [-0.2, -0.15) is 0 Å². The Balaban J connectivity index is 2.43. The summed E-state index contributed by atoms with van der Waals surface area (Å²) in [6.45, 7) is 1.11. The number of nitrogens with one attached hydrogen (secondary N) is 1. The molecule has 0 aromatic heterocycles. The quantitative estimate of drug-likeness (QED) is 0.562. The van der Waals surface area contributed by atoms with Crippen LogP contribution in [0.3, 0.4) is 0 Å². The normalized spacial score (nSPS) is 15.4. The molecule has 0 atom stereocenters. The lowest BCUT2D eigenvalue weighted by molar-refractivity contribution is 0.827. The molecule has 0 amide bonds. The minimum Gasteiger partial charge on any atom is -0.385 e. The fraction of sp³-hybridized carbons (Fsp3) is 0.333. The van der Waals surface area contributed by atoms with Crippen molar-refractivity contribution in [3.8, 4) is 0 Å². The molecule has 0 saturated carbocycles. The van der Waals surface area contributed by atoms with E-state index < -0.39 is 0 Å². The van der Waals surface area contributed by atoms with Crippen molar-refractivity contribution in [1.29, 1.82) is 0 Å². The number of anilines is 1. The predicted octanol–water partition coefficient (Wildman–Crippen LogP) is 2.33. The molecular formula is C9H11NS. The molecule has 1 aromatic rings. The maximum Gasteiger partial charge on any atom is 0.0373 e. The zero-order valence-corrected chi connectivity index (χ0v) is 7.20. The van der Waals surface area contributed by atoms with E-state index >= 15 is 0 Å². The van der Waals surface area contributed by atoms with Crippen molar-refractivity contribution in [2.75, 3.05) is 11.9 Å². The Labute approximate surface area is 72.2 Å². The number of fused-ring (bicyclic) bond motifs is 1. The minimum absolute atomic E-state index is 1.06. The van der Waals surface area contributed by atoms with Crippen LogP contribution >= 0.6 is 12.6 Å². The molecule has 2 heteroatoms. The maximum atomic E-state index is 4.29. The number of benzene rings is 1. The predicted molar refractivity (Wildman–Crippen MR) is 50.5 cm³/mol. The largest absolute Gasteiger partial charge is 0.385 e. The molecule has 0 spiro atoms. The number of thiol groups is 1. The number of aryl methyl sites for hydroxylation is 1. The molecule has 0 radical (unpaired) electrons. The summed E-state index contributed by atoms with van der Waals surface area (Å²) in [6, 6.07) is 6.28. The van der Waals surface area contributed by atoms with E-state index in [0.717, 1.165) is 11.4 Å². The average molecular weight is 165 g/mol. The topological polar surface area (TPSA) is 12.0 Å². The zero-order valence-electron chi connectivity index (χ0n) is 6.30. The van der Waals surface area contributed by atoms with Crippen molar-refractivity contribution in [1.82, 2.24) is 0 Å². The van der Waals surface area contributed by atoms with Gasteiger partial charge in [0.1, 0.15) is 0 Å². The van der Waals surface area contributed by atoms with Gasteiger partial charge in [0.25, 0.3) is 0 Å². The molecule has 0 aliphatic carbocycles. The summed E-state index contributed by atoms with van der Waals surface area (Å²) in [6.07, 6.45) is 2.43. The molecule has 2 rings (SSSR count). The summed E-state index contributed by atoms with van der Waals surface area (Å²) in [7, 11) is 0. The fourth-order valence-corrected chi connectivity index (χ4v) is 1.69. The summed E-state index contributed by atoms with van der Waals surface area (Å²) in [5.41, 5.74) is 2.69. The van der Waals surface area contributed by atoms with Crippen LogP contribution in [-0.2, 0) is 6.42 Å². The van der Waals surface area contributed by atoms with Crippen LogP contribution in [0.1, 0.15) is 12.0 Å². The first-order valence-corrected chi connectivity index (χ1v) is 4.37. The van der Waals surface area contributed by atoms with Crippen LogP contribution in [0.25, 0.3) is 0 Å². The van der Waals surface area contributed by atoms with E-state index in [2.05, 4.69) is 30.1 Å². The highest BCUT2D eigenvalue weighted by atomic mass is 32.1. The van der Waals surface area contributed by atoms with Crippen molar-refractivity contribution in [3.05, 3.63) is 23.8 Å². The van der Waals surface area contributed by atoms with Crippen LogP contribution < -0.4 is 5.32 Å². The minimum atomic E-state index is 1.06. The Morgan fingerprint density at radius 3 is 3.18 bits per heavy atom. The number of hydrogen-bond donors (Lipinski definition) is 2. The van der Waals surface area contributed by atoms with Crippen molar-refractivity contribution >= 4 is 18.3 Å². The maximum absolute atomic E-state index is 4.29. The third kappa shape index (κ3) is 1.36. The first kappa shape index (κ1) is 7.04. The van der Waals surface area contributed by atoms with Gasteiger partial charge in [0.05, 0.1) is 0 Å². The SMILES string of the molecule is Sc1ccc2c(c1)CCCN2. The van der Waals surface area contributed by atoms with Crippen LogP contribution in [0.15, 0.2) is 23.1 Å². The highest BCUT2D eigenvalue weighted by Gasteiger charge is 2.06. The molecule has 1 nitrogen and oxygen atoms in total. The second-order valence-corrected chi connectivity index (χ2v) is 3.39. The molecule has 0 saturated heterocycles. The van der Waals surface area contributed by atoms with Crippen molar-refractivity contribution in [3.63, 3.8) is 0 Å². The lowest BCUT2D eigenvalue weighted by Gasteiger charge is -2.17. The second kappa shape index (κ2) is 2.78. The van der Waals surface area contributed by atoms with Gasteiger partial charge in [-0.3, -0.25) is 0 Å². The van der Waals surface area contributed by atoms with Gasteiger partial charge in [0.15, 0.2) is 0 Å². The molecular weight excluding hydrogens is 154 g/mol. The molecule has 1 aliphatic heterocycles. The van der Waals surface area contributed by atoms with Crippen molar-refractivity contribution < 1.29 is 0 Å². The van der Waals surface area contributed by atoms with Crippen molar-refractivity contribution in [2.45, 2.75) is 17.7 Å². The van der Waals surface area contributed by atoms with Crippen LogP contribution in [0.2, 0.25) is 0 Å². The molecule has 0 unspecified atom stereocenters. The van der Waals surface area contributed by atoms with Gasteiger partial charge in [-0.25, -0.2) is 0 Å². The van der Waals surface area contributed by atoms with Crippen LogP contribution in [-0.4, -0.2) is 6.54 Å². The number of hydrogen-bond acceptors (Lipinski definition) is 2. The average Bonchev–Trinajstić information content (AvgIpc) is 2.04. The highest BCUT2D eigenvalue weighted by molar-refractivity contribution is 7.80. The molecule has 1 N–H and O–H groups in total. The van der Waals surface area contributed by atoms with Gasteiger partial charge in [-0.1, -0.05) is 0 Å². The standard InChI is InChI=1S/C9H11NS/c11-8-3-4-9-7(6-8)2-1-5-10-9/h3-4,6,10-11H,1-2,5H2. The Morgan fingerprint density at radius 1 is 1.36 bits per heavy atom. The van der Waals surface area contributed by atoms with Crippen molar-refractivity contribution in [2.24, 2.45) is 0 Å². The monoisotopic (exact) mass is 165 g/mol. The Bertz CT molecular complexity index is 270. The Morgan fingerprint density at radius 2 is 2.27 bits per heavy atom. The molecule has 1 heterocycles. The van der Waals surface area contributed by atoms with Gasteiger partial charge >= 0.3 is 0 Å². The summed E-state index contributed by atoms with van der Waals surface area (Å²) >= 11 is 4.29. The Kier molecular flexibility index (Phi) is 1.78. The van der Waals surface area contributed by atoms with E-state index in [1.54, 1.807) is 0 Å². The van der Waals surface area contributed by atoms with E-state index in [9.17, 15) is 0 Å². The molecule has 11 heavy (non-hydrogen) atoms. The Hall–Kier alpha value is -0.630. The molecule has 1 aliphatic rings. The summed E-state index contributed by atoms with van der Waals surface area (Å²) in [5, 5.41) is 3.36. The molecule has 0 bridgehead atoms. The van der Waals surface area contributed by atoms with E-state index in [0.29, 0.717) is 0 Å². The lowest BCUT2D eigenvalue weighted by Crippen LogP contribution is -2.11. The van der Waals surface area contributed by atoms with Gasteiger partial charge in [-0.15, -0.1) is 12.6 Å². The fourth-order valence-electron chi connectivity index (χ4n) is 1.46. The molecule has 0 fully saturated rings. The van der Waals surface area contributed by atoms with E-state index in [-0.39, 0.29) is 0 Å². The molecule has 1 aromatic carbocycles. The zero-order chi connectivity index (χ0) is 7.68. The smallest absolute Gasteiger partial charge is 0.0373 e. The van der Waals surface area contributed by atoms with Crippen LogP contribution in [0.5, 0.6) is 0 Å².